The topological polar surface area (TPSA) is 117 Å². The van der Waals surface area contributed by atoms with E-state index in [0.29, 0.717) is 31.5 Å². The molecular weight excluding hydrogens is 518 g/mol. The number of carbonyl (C=O) groups is 2. The van der Waals surface area contributed by atoms with E-state index in [1.165, 1.54) is 30.0 Å². The summed E-state index contributed by atoms with van der Waals surface area (Å²) in [6, 6.07) is 9.74. The van der Waals surface area contributed by atoms with E-state index in [1.54, 1.807) is 4.90 Å². The number of ether oxygens (including phenoxy) is 1. The van der Waals surface area contributed by atoms with Crippen LogP contribution in [0, 0.1) is 24.0 Å². The van der Waals surface area contributed by atoms with Gasteiger partial charge in [-0.15, -0.1) is 0 Å². The summed E-state index contributed by atoms with van der Waals surface area (Å²) in [6.07, 6.45) is -0.123. The van der Waals surface area contributed by atoms with E-state index in [-0.39, 0.29) is 28.7 Å². The quantitative estimate of drug-likeness (QED) is 0.391. The second-order valence-electron chi connectivity index (χ2n) is 8.91. The highest BCUT2D eigenvalue weighted by molar-refractivity contribution is 8.15. The molecule has 0 aromatic heterocycles. The summed E-state index contributed by atoms with van der Waals surface area (Å²) in [7, 11) is 0. The van der Waals surface area contributed by atoms with Crippen LogP contribution >= 0.6 is 23.4 Å². The summed E-state index contributed by atoms with van der Waals surface area (Å²) in [5.41, 5.74) is 2.82. The number of nitro benzene ring substituents is 1. The van der Waals surface area contributed by atoms with Crippen LogP contribution in [-0.2, 0) is 14.3 Å². The van der Waals surface area contributed by atoms with Gasteiger partial charge in [-0.05, 0) is 31.5 Å². The maximum Gasteiger partial charge on any atom is 0.271 e. The van der Waals surface area contributed by atoms with Crippen LogP contribution in [0.2, 0.25) is 5.02 Å². The zero-order valence-corrected chi connectivity index (χ0v) is 22.2. The zero-order valence-electron chi connectivity index (χ0n) is 20.6. The van der Waals surface area contributed by atoms with Crippen molar-refractivity contribution >= 4 is 57.4 Å². The van der Waals surface area contributed by atoms with Crippen molar-refractivity contribution in [2.45, 2.75) is 25.5 Å². The van der Waals surface area contributed by atoms with E-state index in [0.717, 1.165) is 29.9 Å². The summed E-state index contributed by atoms with van der Waals surface area (Å²) < 4.78 is 5.41. The molecule has 12 heteroatoms. The second kappa shape index (κ2) is 12.0. The Morgan fingerprint density at radius 1 is 1.22 bits per heavy atom. The monoisotopic (exact) mass is 545 g/mol. The van der Waals surface area contributed by atoms with Crippen LogP contribution in [-0.4, -0.2) is 76.3 Å². The average Bonchev–Trinajstić information content (AvgIpc) is 3.14. The third kappa shape index (κ3) is 6.86. The number of benzene rings is 2. The number of amidine groups is 1. The largest absolute Gasteiger partial charge is 0.379 e. The summed E-state index contributed by atoms with van der Waals surface area (Å²) in [5.74, 6) is -0.656. The van der Waals surface area contributed by atoms with E-state index in [1.807, 2.05) is 32.0 Å². The molecule has 37 heavy (non-hydrogen) atoms. The van der Waals surface area contributed by atoms with Crippen LogP contribution in [0.5, 0.6) is 0 Å². The molecule has 0 radical (unpaired) electrons. The van der Waals surface area contributed by atoms with Crippen molar-refractivity contribution in [2.24, 2.45) is 4.99 Å². The van der Waals surface area contributed by atoms with Gasteiger partial charge in [-0.1, -0.05) is 41.1 Å². The third-order valence-corrected chi connectivity index (χ3v) is 7.64. The van der Waals surface area contributed by atoms with Crippen LogP contribution in [0.4, 0.5) is 17.1 Å². The number of hydrogen-bond acceptors (Lipinski definition) is 8. The number of aryl methyl sites for hydroxylation is 2. The van der Waals surface area contributed by atoms with Crippen LogP contribution < -0.4 is 5.32 Å². The Labute approximate surface area is 224 Å². The van der Waals surface area contributed by atoms with E-state index >= 15 is 0 Å². The third-order valence-electron chi connectivity index (χ3n) is 6.14. The minimum Gasteiger partial charge on any atom is -0.379 e. The Balaban J connectivity index is 1.51. The van der Waals surface area contributed by atoms with Crippen molar-refractivity contribution < 1.29 is 19.2 Å². The van der Waals surface area contributed by atoms with Gasteiger partial charge in [0, 0.05) is 44.7 Å². The molecule has 1 N–H and O–H groups in total. The van der Waals surface area contributed by atoms with Crippen molar-refractivity contribution in [3.8, 4) is 0 Å². The number of aliphatic imine (C=N–C) groups is 1. The van der Waals surface area contributed by atoms with Crippen LogP contribution in [0.25, 0.3) is 0 Å². The summed E-state index contributed by atoms with van der Waals surface area (Å²) in [6.45, 7) is 8.02. The molecular formula is C25H28ClN5O5S. The molecule has 1 unspecified atom stereocenters. The zero-order chi connectivity index (χ0) is 26.5. The maximum atomic E-state index is 13.4. The van der Waals surface area contributed by atoms with Crippen molar-refractivity contribution in [2.75, 3.05) is 44.7 Å². The van der Waals surface area contributed by atoms with Gasteiger partial charge in [0.25, 0.3) is 5.69 Å². The van der Waals surface area contributed by atoms with Gasteiger partial charge in [0.2, 0.25) is 11.8 Å². The minimum absolute atomic E-state index is 0.123. The lowest BCUT2D eigenvalue weighted by Crippen LogP contribution is -2.43. The number of thioether (sulfide) groups is 1. The minimum atomic E-state index is -0.674. The number of non-ortho nitro benzene ring substituents is 1. The fraction of sp³-hybridized carbons (Fsp3) is 0.400. The lowest BCUT2D eigenvalue weighted by molar-refractivity contribution is -0.384. The van der Waals surface area contributed by atoms with Gasteiger partial charge in [-0.25, -0.2) is 4.99 Å². The Kier molecular flexibility index (Phi) is 8.80. The Hall–Kier alpha value is -2.99. The number of hydrogen-bond donors (Lipinski definition) is 1. The van der Waals surface area contributed by atoms with Crippen LogP contribution in [0.15, 0.2) is 41.4 Å². The normalized spacial score (nSPS) is 19.4. The van der Waals surface area contributed by atoms with Gasteiger partial charge < -0.3 is 10.1 Å². The molecule has 10 nitrogen and oxygen atoms in total. The Bertz CT molecular complexity index is 1230. The number of carbonyl (C=O) groups excluding carboxylic acids is 2. The second-order valence-corrected chi connectivity index (χ2v) is 10.5. The molecule has 2 aromatic rings. The first-order valence-corrected chi connectivity index (χ1v) is 13.1. The number of amides is 2. The van der Waals surface area contributed by atoms with Gasteiger partial charge >= 0.3 is 0 Å². The molecule has 2 heterocycles. The van der Waals surface area contributed by atoms with E-state index in [2.05, 4.69) is 10.2 Å². The van der Waals surface area contributed by atoms with Crippen molar-refractivity contribution in [3.05, 3.63) is 62.7 Å². The Morgan fingerprint density at radius 3 is 2.68 bits per heavy atom. The number of morpholine rings is 1. The SMILES string of the molecule is Cc1ccc(N=C2SC(CC(=O)Nc3cc([N+](=O)[O-])ccc3Cl)C(=O)N2CCN2CCOCC2)c(C)c1. The number of anilines is 1. The fourth-order valence-corrected chi connectivity index (χ4v) is 5.46. The number of rotatable bonds is 8. The Morgan fingerprint density at radius 2 is 1.97 bits per heavy atom. The lowest BCUT2D eigenvalue weighted by Gasteiger charge is -2.28. The molecule has 2 aromatic carbocycles. The summed E-state index contributed by atoms with van der Waals surface area (Å²) >= 11 is 7.37. The summed E-state index contributed by atoms with van der Waals surface area (Å²) in [5, 5.41) is 13.7. The molecule has 1 atom stereocenters. The smallest absolute Gasteiger partial charge is 0.271 e. The molecule has 2 aliphatic heterocycles. The van der Waals surface area contributed by atoms with Crippen molar-refractivity contribution in [3.63, 3.8) is 0 Å². The molecule has 0 aliphatic carbocycles. The molecule has 4 rings (SSSR count). The van der Waals surface area contributed by atoms with Gasteiger partial charge in [-0.3, -0.25) is 29.5 Å². The molecule has 2 amide bonds. The summed E-state index contributed by atoms with van der Waals surface area (Å²) in [4.78, 5) is 45.4. The lowest BCUT2D eigenvalue weighted by atomic mass is 10.1. The molecule has 2 aliphatic rings. The van der Waals surface area contributed by atoms with Gasteiger partial charge in [0.15, 0.2) is 5.17 Å². The first-order valence-electron chi connectivity index (χ1n) is 11.9. The molecule has 0 saturated carbocycles. The van der Waals surface area contributed by atoms with Crippen LogP contribution in [0.1, 0.15) is 17.5 Å². The van der Waals surface area contributed by atoms with E-state index < -0.39 is 16.1 Å². The van der Waals surface area contributed by atoms with Gasteiger partial charge in [0.1, 0.15) is 5.25 Å². The standard InChI is InChI=1S/C25H28ClN5O5S/c1-16-3-6-20(17(2)13-16)28-25-30(8-7-29-9-11-36-12-10-29)24(33)22(37-25)15-23(32)27-21-14-18(31(34)35)4-5-19(21)26/h3-6,13-14,22H,7-12,15H2,1-2H3,(H,27,32). The predicted molar refractivity (Wildman–Crippen MR) is 145 cm³/mol. The van der Waals surface area contributed by atoms with E-state index in [9.17, 15) is 19.7 Å². The number of nitro groups is 1. The maximum absolute atomic E-state index is 13.4. The number of nitrogens with one attached hydrogen (secondary N) is 1. The average molecular weight is 546 g/mol. The molecule has 0 spiro atoms. The first-order chi connectivity index (χ1) is 17.7. The highest BCUT2D eigenvalue weighted by atomic mass is 35.5. The highest BCUT2D eigenvalue weighted by Gasteiger charge is 2.39. The molecule has 2 fully saturated rings. The van der Waals surface area contributed by atoms with Crippen LogP contribution in [0.3, 0.4) is 0 Å². The molecule has 2 saturated heterocycles. The van der Waals surface area contributed by atoms with E-state index in [4.69, 9.17) is 21.3 Å². The van der Waals surface area contributed by atoms with Gasteiger partial charge in [0.05, 0.1) is 34.5 Å². The first kappa shape index (κ1) is 27.1. The van der Waals surface area contributed by atoms with Crippen molar-refractivity contribution in [1.29, 1.82) is 0 Å². The number of halogens is 1. The molecule has 0 bridgehead atoms. The van der Waals surface area contributed by atoms with Crippen molar-refractivity contribution in [1.82, 2.24) is 9.80 Å². The predicted octanol–water partition coefficient (Wildman–Crippen LogP) is 4.16. The van der Waals surface area contributed by atoms with Gasteiger partial charge in [-0.2, -0.15) is 0 Å². The number of nitrogens with zero attached hydrogens (tertiary/aromatic N) is 4. The highest BCUT2D eigenvalue weighted by Crippen LogP contribution is 2.33. The fourth-order valence-electron chi connectivity index (χ4n) is 4.12. The molecule has 196 valence electrons.